The Morgan fingerprint density at radius 3 is 2.67 bits per heavy atom. The molecule has 1 aromatic heterocycles. The topological polar surface area (TPSA) is 87.8 Å². The first-order chi connectivity index (χ1) is 8.30. The molecule has 0 spiro atoms. The molecule has 2 aliphatic heterocycles. The van der Waals surface area contributed by atoms with Crippen LogP contribution in [0.2, 0.25) is 0 Å². The Bertz CT molecular complexity index is 597. The minimum atomic E-state index is -3.79. The van der Waals surface area contributed by atoms with E-state index in [1.54, 1.807) is 0 Å². The Kier molecular flexibility index (Phi) is 2.06. The van der Waals surface area contributed by atoms with Crippen molar-refractivity contribution in [2.75, 3.05) is 6.54 Å². The lowest BCUT2D eigenvalue weighted by Gasteiger charge is -2.42. The summed E-state index contributed by atoms with van der Waals surface area (Å²) in [5, 5.41) is 9.33. The summed E-state index contributed by atoms with van der Waals surface area (Å²) in [4.78, 5) is 11.4. The SMILES string of the molecule is CC12CN(S(=O)(=O)c3ccoc3)C(C(=O)O)(C1)C2. The van der Waals surface area contributed by atoms with Gasteiger partial charge in [0.2, 0.25) is 10.0 Å². The molecule has 0 amide bonds. The normalized spacial score (nSPS) is 35.4. The number of carboxylic acids is 1. The number of furan rings is 1. The van der Waals surface area contributed by atoms with Crippen molar-refractivity contribution < 1.29 is 22.7 Å². The third-order valence-electron chi connectivity index (χ3n) is 3.92. The van der Waals surface area contributed by atoms with Crippen LogP contribution < -0.4 is 0 Å². The number of nitrogens with zero attached hydrogens (tertiary/aromatic N) is 1. The van der Waals surface area contributed by atoms with E-state index in [-0.39, 0.29) is 16.9 Å². The van der Waals surface area contributed by atoms with Gasteiger partial charge in [-0.15, -0.1) is 0 Å². The van der Waals surface area contributed by atoms with Crippen molar-refractivity contribution >= 4 is 16.0 Å². The highest BCUT2D eigenvalue weighted by Gasteiger charge is 2.70. The lowest BCUT2D eigenvalue weighted by Crippen LogP contribution is -2.56. The fraction of sp³-hybridized carbons (Fsp3) is 0.545. The second-order valence-electron chi connectivity index (χ2n) is 5.47. The summed E-state index contributed by atoms with van der Waals surface area (Å²) < 4.78 is 30.7. The lowest BCUT2D eigenvalue weighted by molar-refractivity contribution is -0.151. The van der Waals surface area contributed by atoms with E-state index in [2.05, 4.69) is 0 Å². The summed E-state index contributed by atoms with van der Waals surface area (Å²) in [5.74, 6) is -1.07. The quantitative estimate of drug-likeness (QED) is 0.882. The van der Waals surface area contributed by atoms with Crippen molar-refractivity contribution in [3.05, 3.63) is 18.6 Å². The van der Waals surface area contributed by atoms with Crippen molar-refractivity contribution in [1.29, 1.82) is 0 Å². The number of carboxylic acid groups (broad SMARTS) is 1. The number of aliphatic carboxylic acids is 1. The van der Waals surface area contributed by atoms with Crippen molar-refractivity contribution in [2.45, 2.75) is 30.2 Å². The predicted octanol–water partition coefficient (Wildman–Crippen LogP) is 0.907. The van der Waals surface area contributed by atoms with E-state index in [1.165, 1.54) is 12.3 Å². The molecule has 2 bridgehead atoms. The third kappa shape index (κ3) is 1.26. The molecule has 98 valence electrons. The molecule has 6 nitrogen and oxygen atoms in total. The summed E-state index contributed by atoms with van der Waals surface area (Å²) in [7, 11) is -3.79. The maximum Gasteiger partial charge on any atom is 0.325 e. The molecule has 0 atom stereocenters. The van der Waals surface area contributed by atoms with Gasteiger partial charge in [0.1, 0.15) is 16.7 Å². The van der Waals surface area contributed by atoms with Crippen molar-refractivity contribution in [3.63, 3.8) is 0 Å². The van der Waals surface area contributed by atoms with Gasteiger partial charge in [0, 0.05) is 6.54 Å². The highest BCUT2D eigenvalue weighted by atomic mass is 32.2. The summed E-state index contributed by atoms with van der Waals surface area (Å²) in [5.41, 5.74) is -1.47. The van der Waals surface area contributed by atoms with Crippen LogP contribution in [0.25, 0.3) is 0 Å². The van der Waals surface area contributed by atoms with Gasteiger partial charge in [-0.1, -0.05) is 6.92 Å². The van der Waals surface area contributed by atoms with Crippen LogP contribution in [0.4, 0.5) is 0 Å². The van der Waals surface area contributed by atoms with Crippen molar-refractivity contribution in [3.8, 4) is 0 Å². The van der Waals surface area contributed by atoms with Crippen LogP contribution in [-0.4, -0.2) is 35.9 Å². The van der Waals surface area contributed by atoms with Crippen LogP contribution >= 0.6 is 0 Å². The maximum atomic E-state index is 12.4. The molecular formula is C11H13NO5S. The van der Waals surface area contributed by atoms with Crippen LogP contribution in [-0.2, 0) is 14.8 Å². The minimum absolute atomic E-state index is 0.0132. The fourth-order valence-corrected chi connectivity index (χ4v) is 5.05. The molecule has 3 aliphatic rings. The molecule has 1 aliphatic carbocycles. The lowest BCUT2D eigenvalue weighted by atomic mass is 9.63. The largest absolute Gasteiger partial charge is 0.480 e. The summed E-state index contributed by atoms with van der Waals surface area (Å²) in [6, 6.07) is 1.34. The number of hydrogen-bond donors (Lipinski definition) is 1. The third-order valence-corrected chi connectivity index (χ3v) is 5.81. The first-order valence-corrected chi connectivity index (χ1v) is 7.03. The van der Waals surface area contributed by atoms with E-state index in [0.717, 1.165) is 10.6 Å². The predicted molar refractivity (Wildman–Crippen MR) is 60.3 cm³/mol. The number of hydrogen-bond acceptors (Lipinski definition) is 4. The number of rotatable bonds is 3. The molecule has 0 unspecified atom stereocenters. The van der Waals surface area contributed by atoms with Gasteiger partial charge in [-0.25, -0.2) is 8.42 Å². The molecule has 3 heterocycles. The van der Waals surface area contributed by atoms with Crippen molar-refractivity contribution in [1.82, 2.24) is 4.31 Å². The molecule has 18 heavy (non-hydrogen) atoms. The Balaban J connectivity index is 2.06. The molecule has 7 heteroatoms. The molecule has 3 fully saturated rings. The van der Waals surface area contributed by atoms with E-state index in [1.807, 2.05) is 6.92 Å². The Morgan fingerprint density at radius 1 is 1.50 bits per heavy atom. The summed E-state index contributed by atoms with van der Waals surface area (Å²) in [6.07, 6.45) is 3.16. The second kappa shape index (κ2) is 3.16. The monoisotopic (exact) mass is 271 g/mol. The van der Waals surface area contributed by atoms with Gasteiger partial charge >= 0.3 is 5.97 Å². The standard InChI is InChI=1S/C11H13NO5S/c1-10-5-11(6-10,9(13)14)12(7-10)18(15,16)8-2-3-17-4-8/h2-4H,5-7H2,1H3,(H,13,14). The molecule has 0 aromatic carbocycles. The molecule has 1 saturated carbocycles. The Hall–Kier alpha value is -1.34. The zero-order valence-electron chi connectivity index (χ0n) is 9.79. The minimum Gasteiger partial charge on any atom is -0.480 e. The summed E-state index contributed by atoms with van der Waals surface area (Å²) >= 11 is 0. The van der Waals surface area contributed by atoms with Crippen LogP contribution in [0.15, 0.2) is 27.9 Å². The van der Waals surface area contributed by atoms with Gasteiger partial charge in [0.15, 0.2) is 0 Å². The Labute approximate surface area is 104 Å². The fourth-order valence-electron chi connectivity index (χ4n) is 3.25. The average Bonchev–Trinajstić information content (AvgIpc) is 2.86. The number of carbonyl (C=O) groups is 1. The van der Waals surface area contributed by atoms with Gasteiger partial charge in [-0.3, -0.25) is 4.79 Å². The van der Waals surface area contributed by atoms with Crippen LogP contribution in [0.3, 0.4) is 0 Å². The van der Waals surface area contributed by atoms with Crippen molar-refractivity contribution in [2.24, 2.45) is 5.41 Å². The second-order valence-corrected chi connectivity index (χ2v) is 7.33. The van der Waals surface area contributed by atoms with E-state index in [4.69, 9.17) is 4.42 Å². The van der Waals surface area contributed by atoms with E-state index in [0.29, 0.717) is 12.8 Å². The highest BCUT2D eigenvalue weighted by molar-refractivity contribution is 7.89. The zero-order valence-corrected chi connectivity index (χ0v) is 10.6. The van der Waals surface area contributed by atoms with E-state index < -0.39 is 21.5 Å². The van der Waals surface area contributed by atoms with E-state index >= 15 is 0 Å². The number of sulfonamides is 1. The van der Waals surface area contributed by atoms with Gasteiger partial charge < -0.3 is 9.52 Å². The zero-order chi connectivity index (χ0) is 13.2. The average molecular weight is 271 g/mol. The summed E-state index contributed by atoms with van der Waals surface area (Å²) in [6.45, 7) is 2.17. The van der Waals surface area contributed by atoms with Gasteiger partial charge in [-0.05, 0) is 24.3 Å². The van der Waals surface area contributed by atoms with Crippen LogP contribution in [0, 0.1) is 5.41 Å². The highest BCUT2D eigenvalue weighted by Crippen LogP contribution is 2.60. The molecule has 1 N–H and O–H groups in total. The molecule has 4 rings (SSSR count). The molecule has 0 radical (unpaired) electrons. The van der Waals surface area contributed by atoms with Crippen LogP contribution in [0.5, 0.6) is 0 Å². The van der Waals surface area contributed by atoms with Gasteiger partial charge in [0.25, 0.3) is 0 Å². The smallest absolute Gasteiger partial charge is 0.325 e. The van der Waals surface area contributed by atoms with Gasteiger partial charge in [-0.2, -0.15) is 4.31 Å². The van der Waals surface area contributed by atoms with Gasteiger partial charge in [0.05, 0.1) is 6.26 Å². The van der Waals surface area contributed by atoms with E-state index in [9.17, 15) is 18.3 Å². The first-order valence-electron chi connectivity index (χ1n) is 5.59. The number of fused-ring (bicyclic) bond motifs is 1. The molecule has 2 saturated heterocycles. The maximum absolute atomic E-state index is 12.4. The molecule has 1 aromatic rings. The Morgan fingerprint density at radius 2 is 2.17 bits per heavy atom. The van der Waals surface area contributed by atoms with Crippen LogP contribution in [0.1, 0.15) is 19.8 Å². The molecular weight excluding hydrogens is 258 g/mol. The first kappa shape index (κ1) is 11.7.